The fraction of sp³-hybridized carbons (Fsp3) is 0.269. The lowest BCUT2D eigenvalue weighted by atomic mass is 9.68. The number of hydrogen-bond donors (Lipinski definition) is 1. The van der Waals surface area contributed by atoms with E-state index in [2.05, 4.69) is 59.9 Å². The van der Waals surface area contributed by atoms with Crippen LogP contribution in [0.1, 0.15) is 43.2 Å². The molecule has 0 saturated heterocycles. The Morgan fingerprint density at radius 3 is 2.07 bits per heavy atom. The van der Waals surface area contributed by atoms with Crippen LogP contribution in [0, 0.1) is 0 Å². The predicted octanol–water partition coefficient (Wildman–Crippen LogP) is 5.87. The second-order valence-electron chi connectivity index (χ2n) is 7.71. The zero-order chi connectivity index (χ0) is 19.2. The molecular weight excluding hydrogens is 342 g/mol. The van der Waals surface area contributed by atoms with Crippen molar-refractivity contribution in [1.82, 2.24) is 5.32 Å². The van der Waals surface area contributed by atoms with Crippen molar-refractivity contribution in [2.24, 2.45) is 0 Å². The Kier molecular flexibility index (Phi) is 5.57. The Bertz CT molecular complexity index is 911. The lowest BCUT2D eigenvalue weighted by Gasteiger charge is -2.36. The summed E-state index contributed by atoms with van der Waals surface area (Å²) in [6, 6.07) is 29.0. The second kappa shape index (κ2) is 8.43. The van der Waals surface area contributed by atoms with Gasteiger partial charge in [0, 0.05) is 6.54 Å². The van der Waals surface area contributed by atoms with Gasteiger partial charge in [0.2, 0.25) is 5.91 Å². The Balaban J connectivity index is 1.57. The Labute approximate surface area is 167 Å². The van der Waals surface area contributed by atoms with Crippen LogP contribution in [0.3, 0.4) is 0 Å². The molecule has 1 aliphatic rings. The first-order valence-corrected chi connectivity index (χ1v) is 10.3. The van der Waals surface area contributed by atoms with E-state index >= 15 is 0 Å². The van der Waals surface area contributed by atoms with Crippen LogP contribution in [-0.2, 0) is 16.8 Å². The Morgan fingerprint density at radius 2 is 1.36 bits per heavy atom. The number of benzene rings is 3. The van der Waals surface area contributed by atoms with E-state index < -0.39 is 0 Å². The summed E-state index contributed by atoms with van der Waals surface area (Å²) < 4.78 is 0. The van der Waals surface area contributed by atoms with E-state index in [9.17, 15) is 4.79 Å². The first-order valence-electron chi connectivity index (χ1n) is 10.3. The zero-order valence-electron chi connectivity index (χ0n) is 16.2. The molecule has 0 atom stereocenters. The van der Waals surface area contributed by atoms with Crippen LogP contribution in [-0.4, -0.2) is 5.91 Å². The molecule has 4 rings (SSSR count). The zero-order valence-corrected chi connectivity index (χ0v) is 16.2. The van der Waals surface area contributed by atoms with Crippen molar-refractivity contribution >= 4 is 5.91 Å². The highest BCUT2D eigenvalue weighted by atomic mass is 16.2. The fourth-order valence-corrected chi connectivity index (χ4v) is 4.48. The van der Waals surface area contributed by atoms with Crippen molar-refractivity contribution in [2.45, 2.75) is 44.1 Å². The molecule has 0 aliphatic heterocycles. The summed E-state index contributed by atoms with van der Waals surface area (Å²) in [5.41, 5.74) is 4.29. The standard InChI is InChI=1S/C26H27NO/c28-25(26(18-10-3-11-19-26)23-15-6-2-7-16-23)27-20-22-14-8-9-17-24(22)21-12-4-1-5-13-21/h1-2,4-9,12-17H,3,10-11,18-20H2,(H,27,28). The molecule has 0 heterocycles. The highest BCUT2D eigenvalue weighted by Crippen LogP contribution is 2.39. The summed E-state index contributed by atoms with van der Waals surface area (Å²) in [7, 11) is 0. The average Bonchev–Trinajstić information content (AvgIpc) is 2.79. The topological polar surface area (TPSA) is 29.1 Å². The molecule has 1 saturated carbocycles. The van der Waals surface area contributed by atoms with Gasteiger partial charge >= 0.3 is 0 Å². The largest absolute Gasteiger partial charge is 0.351 e. The van der Waals surface area contributed by atoms with Crippen molar-refractivity contribution in [3.8, 4) is 11.1 Å². The summed E-state index contributed by atoms with van der Waals surface area (Å²) >= 11 is 0. The number of nitrogens with one attached hydrogen (secondary N) is 1. The van der Waals surface area contributed by atoms with E-state index in [1.807, 2.05) is 30.3 Å². The third-order valence-electron chi connectivity index (χ3n) is 6.01. The van der Waals surface area contributed by atoms with Gasteiger partial charge in [0.15, 0.2) is 0 Å². The smallest absolute Gasteiger partial charge is 0.230 e. The number of carbonyl (C=O) groups is 1. The van der Waals surface area contributed by atoms with E-state index in [1.165, 1.54) is 17.5 Å². The summed E-state index contributed by atoms with van der Waals surface area (Å²) in [5, 5.41) is 3.28. The summed E-state index contributed by atoms with van der Waals surface area (Å²) in [5.74, 6) is 0.168. The van der Waals surface area contributed by atoms with Gasteiger partial charge in [-0.15, -0.1) is 0 Å². The highest BCUT2D eigenvalue weighted by Gasteiger charge is 2.40. The molecule has 1 N–H and O–H groups in total. The van der Waals surface area contributed by atoms with E-state index in [0.29, 0.717) is 6.54 Å². The van der Waals surface area contributed by atoms with Crippen LogP contribution in [0.25, 0.3) is 11.1 Å². The lowest BCUT2D eigenvalue weighted by Crippen LogP contribution is -2.45. The molecule has 3 aromatic rings. The van der Waals surface area contributed by atoms with Gasteiger partial charge in [0.25, 0.3) is 0 Å². The van der Waals surface area contributed by atoms with Crippen LogP contribution in [0.4, 0.5) is 0 Å². The molecule has 1 amide bonds. The molecule has 0 bridgehead atoms. The van der Waals surface area contributed by atoms with Crippen molar-refractivity contribution < 1.29 is 4.79 Å². The van der Waals surface area contributed by atoms with Crippen molar-refractivity contribution in [3.05, 3.63) is 96.1 Å². The Hall–Kier alpha value is -2.87. The van der Waals surface area contributed by atoms with Crippen LogP contribution >= 0.6 is 0 Å². The van der Waals surface area contributed by atoms with Gasteiger partial charge in [-0.05, 0) is 35.1 Å². The van der Waals surface area contributed by atoms with Gasteiger partial charge in [-0.1, -0.05) is 104 Å². The summed E-state index contributed by atoms with van der Waals surface area (Å²) in [4.78, 5) is 13.4. The van der Waals surface area contributed by atoms with Crippen molar-refractivity contribution in [1.29, 1.82) is 0 Å². The second-order valence-corrected chi connectivity index (χ2v) is 7.71. The fourth-order valence-electron chi connectivity index (χ4n) is 4.48. The van der Waals surface area contributed by atoms with E-state index in [4.69, 9.17) is 0 Å². The van der Waals surface area contributed by atoms with Crippen LogP contribution in [0.15, 0.2) is 84.9 Å². The van der Waals surface area contributed by atoms with Gasteiger partial charge in [-0.3, -0.25) is 4.79 Å². The average molecular weight is 370 g/mol. The van der Waals surface area contributed by atoms with E-state index in [-0.39, 0.29) is 11.3 Å². The van der Waals surface area contributed by atoms with Gasteiger partial charge in [-0.2, -0.15) is 0 Å². The molecular formula is C26H27NO. The third-order valence-corrected chi connectivity index (χ3v) is 6.01. The summed E-state index contributed by atoms with van der Waals surface area (Å²) in [6.07, 6.45) is 5.32. The highest BCUT2D eigenvalue weighted by molar-refractivity contribution is 5.88. The minimum Gasteiger partial charge on any atom is -0.351 e. The number of amides is 1. The first-order chi connectivity index (χ1) is 13.8. The minimum atomic E-state index is -0.388. The molecule has 1 aliphatic carbocycles. The molecule has 0 aromatic heterocycles. The maximum atomic E-state index is 13.4. The van der Waals surface area contributed by atoms with Gasteiger partial charge < -0.3 is 5.32 Å². The molecule has 1 fully saturated rings. The first kappa shape index (κ1) is 18.5. The predicted molar refractivity (Wildman–Crippen MR) is 115 cm³/mol. The molecule has 2 nitrogen and oxygen atoms in total. The SMILES string of the molecule is O=C(NCc1ccccc1-c1ccccc1)C1(c2ccccc2)CCCCC1. The number of carbonyl (C=O) groups excluding carboxylic acids is 1. The van der Waals surface area contributed by atoms with Gasteiger partial charge in [0.05, 0.1) is 5.41 Å². The quantitative estimate of drug-likeness (QED) is 0.598. The molecule has 2 heteroatoms. The number of rotatable bonds is 5. The Morgan fingerprint density at radius 1 is 0.750 bits per heavy atom. The van der Waals surface area contributed by atoms with Gasteiger partial charge in [0.1, 0.15) is 0 Å². The maximum Gasteiger partial charge on any atom is 0.230 e. The molecule has 0 unspecified atom stereocenters. The molecule has 0 spiro atoms. The minimum absolute atomic E-state index is 0.168. The van der Waals surface area contributed by atoms with Crippen molar-refractivity contribution in [2.75, 3.05) is 0 Å². The van der Waals surface area contributed by atoms with Crippen LogP contribution < -0.4 is 5.32 Å². The van der Waals surface area contributed by atoms with E-state index in [1.54, 1.807) is 0 Å². The molecule has 28 heavy (non-hydrogen) atoms. The van der Waals surface area contributed by atoms with Crippen molar-refractivity contribution in [3.63, 3.8) is 0 Å². The monoisotopic (exact) mass is 369 g/mol. The molecule has 3 aromatic carbocycles. The summed E-state index contributed by atoms with van der Waals surface area (Å²) in [6.45, 7) is 0.554. The molecule has 142 valence electrons. The lowest BCUT2D eigenvalue weighted by molar-refractivity contribution is -0.128. The molecule has 0 radical (unpaired) electrons. The normalized spacial score (nSPS) is 15.7. The van der Waals surface area contributed by atoms with Gasteiger partial charge in [-0.25, -0.2) is 0 Å². The van der Waals surface area contributed by atoms with E-state index in [0.717, 1.165) is 36.8 Å². The number of hydrogen-bond acceptors (Lipinski definition) is 1. The van der Waals surface area contributed by atoms with Crippen LogP contribution in [0.2, 0.25) is 0 Å². The maximum absolute atomic E-state index is 13.4. The van der Waals surface area contributed by atoms with Crippen LogP contribution in [0.5, 0.6) is 0 Å². The third kappa shape index (κ3) is 3.73.